The molecule has 0 saturated carbocycles. The molecule has 1 rings (SSSR count). The third-order valence-electron chi connectivity index (χ3n) is 3.50. The van der Waals surface area contributed by atoms with Crippen LogP contribution in [0.5, 0.6) is 0 Å². The van der Waals surface area contributed by atoms with Crippen molar-refractivity contribution in [2.24, 2.45) is 11.3 Å². The molecule has 1 unspecified atom stereocenters. The molecule has 0 fully saturated rings. The van der Waals surface area contributed by atoms with Gasteiger partial charge in [0.2, 0.25) is 5.91 Å². The summed E-state index contributed by atoms with van der Waals surface area (Å²) in [6, 6.07) is 7.11. The first-order valence-electron chi connectivity index (χ1n) is 8.43. The summed E-state index contributed by atoms with van der Waals surface area (Å²) in [6.45, 7) is 12.1. The Morgan fingerprint density at radius 1 is 1.08 bits per heavy atom. The molecule has 5 nitrogen and oxygen atoms in total. The van der Waals surface area contributed by atoms with Gasteiger partial charge in [-0.05, 0) is 37.5 Å². The summed E-state index contributed by atoms with van der Waals surface area (Å²) in [5.74, 6) is 0.276. The number of benzene rings is 1. The molecule has 1 aromatic carbocycles. The van der Waals surface area contributed by atoms with Crippen molar-refractivity contribution in [1.29, 1.82) is 0 Å². The largest absolute Gasteiger partial charge is 0.369 e. The van der Waals surface area contributed by atoms with Crippen molar-refractivity contribution in [2.75, 3.05) is 17.2 Å². The first-order chi connectivity index (χ1) is 11.1. The van der Waals surface area contributed by atoms with Crippen LogP contribution in [0.3, 0.4) is 0 Å². The van der Waals surface area contributed by atoms with Crippen LogP contribution in [0.25, 0.3) is 0 Å². The molecule has 0 heterocycles. The van der Waals surface area contributed by atoms with Crippen LogP contribution in [0.1, 0.15) is 48.0 Å². The molecule has 0 saturated heterocycles. The van der Waals surface area contributed by atoms with Crippen LogP contribution < -0.4 is 10.6 Å². The maximum Gasteiger partial charge on any atom is 0.253 e. The first-order valence-corrected chi connectivity index (χ1v) is 8.43. The lowest BCUT2D eigenvalue weighted by atomic mass is 9.95. The molecule has 0 aromatic heterocycles. The highest BCUT2D eigenvalue weighted by Crippen LogP contribution is 2.20. The molecule has 134 valence electrons. The fraction of sp³-hybridized carbons (Fsp3) is 0.579. The predicted molar refractivity (Wildman–Crippen MR) is 98.0 cm³/mol. The number of nitrogens with one attached hydrogen (secondary N) is 2. The lowest BCUT2D eigenvalue weighted by Crippen LogP contribution is -2.29. The normalized spacial score (nSPS) is 12.8. The van der Waals surface area contributed by atoms with Crippen molar-refractivity contribution >= 4 is 23.2 Å². The highest BCUT2D eigenvalue weighted by molar-refractivity contribution is 5.97. The van der Waals surface area contributed by atoms with Gasteiger partial charge in [-0.2, -0.15) is 0 Å². The van der Waals surface area contributed by atoms with Crippen molar-refractivity contribution in [1.82, 2.24) is 0 Å². The van der Waals surface area contributed by atoms with Gasteiger partial charge < -0.3 is 15.4 Å². The third kappa shape index (κ3) is 7.13. The lowest BCUT2D eigenvalue weighted by Gasteiger charge is -2.18. The second-order valence-corrected chi connectivity index (χ2v) is 7.47. The van der Waals surface area contributed by atoms with Gasteiger partial charge in [0.15, 0.2) is 0 Å². The van der Waals surface area contributed by atoms with Gasteiger partial charge >= 0.3 is 0 Å². The molecule has 0 aliphatic rings. The lowest BCUT2D eigenvalue weighted by molar-refractivity contribution is -0.126. The zero-order chi connectivity index (χ0) is 18.3. The Balaban J connectivity index is 2.60. The number of hydrogen-bond acceptors (Lipinski definition) is 3. The summed E-state index contributed by atoms with van der Waals surface area (Å²) in [6.07, 6.45) is 0.405. The molecule has 0 radical (unpaired) electrons. The van der Waals surface area contributed by atoms with Gasteiger partial charge in [0.05, 0.1) is 0 Å². The van der Waals surface area contributed by atoms with Crippen LogP contribution >= 0.6 is 0 Å². The van der Waals surface area contributed by atoms with Gasteiger partial charge in [0, 0.05) is 23.4 Å². The second kappa shape index (κ2) is 8.83. The number of carbonyl (C=O) groups excluding carboxylic acids is 2. The van der Waals surface area contributed by atoms with E-state index >= 15 is 0 Å². The van der Waals surface area contributed by atoms with E-state index in [0.717, 1.165) is 6.42 Å². The fourth-order valence-corrected chi connectivity index (χ4v) is 1.79. The van der Waals surface area contributed by atoms with Crippen LogP contribution in [0.4, 0.5) is 11.4 Å². The first kappa shape index (κ1) is 20.2. The highest BCUT2D eigenvalue weighted by atomic mass is 16.5. The van der Waals surface area contributed by atoms with E-state index in [9.17, 15) is 9.59 Å². The molecular weight excluding hydrogens is 304 g/mol. The third-order valence-corrected chi connectivity index (χ3v) is 3.50. The van der Waals surface area contributed by atoms with Gasteiger partial charge in [-0.25, -0.2) is 0 Å². The Kier molecular flexibility index (Phi) is 7.42. The van der Waals surface area contributed by atoms with Gasteiger partial charge in [-0.3, -0.25) is 9.59 Å². The van der Waals surface area contributed by atoms with Crippen molar-refractivity contribution < 1.29 is 14.3 Å². The van der Waals surface area contributed by atoms with E-state index in [-0.39, 0.29) is 11.8 Å². The average Bonchev–Trinajstić information content (AvgIpc) is 2.46. The van der Waals surface area contributed by atoms with E-state index in [2.05, 4.69) is 24.5 Å². The maximum atomic E-state index is 12.2. The standard InChI is InChI=1S/C19H30N2O3/c1-13(2)10-11-24-14(3)17(22)20-15-8-7-9-16(12-15)21-18(23)19(4,5)6/h7-9,12-14H,10-11H2,1-6H3,(H,20,22)(H,21,23). The van der Waals surface area contributed by atoms with E-state index in [4.69, 9.17) is 4.74 Å². The topological polar surface area (TPSA) is 67.4 Å². The molecule has 5 heteroatoms. The number of amides is 2. The number of carbonyl (C=O) groups is 2. The Morgan fingerprint density at radius 2 is 1.67 bits per heavy atom. The summed E-state index contributed by atoms with van der Waals surface area (Å²) >= 11 is 0. The zero-order valence-electron chi connectivity index (χ0n) is 15.6. The van der Waals surface area contributed by atoms with E-state index < -0.39 is 11.5 Å². The molecule has 1 atom stereocenters. The summed E-state index contributed by atoms with van der Waals surface area (Å²) < 4.78 is 5.54. The molecule has 1 aromatic rings. The SMILES string of the molecule is CC(C)CCOC(C)C(=O)Nc1cccc(NC(=O)C(C)(C)C)c1. The average molecular weight is 334 g/mol. The minimum atomic E-state index is -0.517. The second-order valence-electron chi connectivity index (χ2n) is 7.47. The van der Waals surface area contributed by atoms with E-state index in [1.807, 2.05) is 20.8 Å². The van der Waals surface area contributed by atoms with Crippen molar-refractivity contribution in [3.8, 4) is 0 Å². The van der Waals surface area contributed by atoms with Crippen LogP contribution in [0.15, 0.2) is 24.3 Å². The van der Waals surface area contributed by atoms with Crippen LogP contribution in [0.2, 0.25) is 0 Å². The minimum Gasteiger partial charge on any atom is -0.369 e. The molecule has 24 heavy (non-hydrogen) atoms. The van der Waals surface area contributed by atoms with Gasteiger partial charge in [0.25, 0.3) is 5.91 Å². The molecule has 0 aliphatic carbocycles. The molecular formula is C19H30N2O3. The van der Waals surface area contributed by atoms with Crippen molar-refractivity contribution in [2.45, 2.75) is 54.1 Å². The minimum absolute atomic E-state index is 0.0728. The Bertz CT molecular complexity index is 562. The number of anilines is 2. The smallest absolute Gasteiger partial charge is 0.253 e. The summed E-state index contributed by atoms with van der Waals surface area (Å²) in [5, 5.41) is 5.67. The Morgan fingerprint density at radius 3 is 2.21 bits per heavy atom. The Labute approximate surface area is 145 Å². The van der Waals surface area contributed by atoms with Crippen LogP contribution in [-0.2, 0) is 14.3 Å². The molecule has 0 bridgehead atoms. The molecule has 0 aliphatic heterocycles. The van der Waals surface area contributed by atoms with E-state index in [1.165, 1.54) is 0 Å². The monoisotopic (exact) mass is 334 g/mol. The summed E-state index contributed by atoms with van der Waals surface area (Å²) in [4.78, 5) is 24.2. The quantitative estimate of drug-likeness (QED) is 0.790. The van der Waals surface area contributed by atoms with E-state index in [1.54, 1.807) is 31.2 Å². The van der Waals surface area contributed by atoms with Gasteiger partial charge in [-0.15, -0.1) is 0 Å². The van der Waals surface area contributed by atoms with Crippen LogP contribution in [0, 0.1) is 11.3 Å². The molecule has 2 amide bonds. The van der Waals surface area contributed by atoms with Crippen LogP contribution in [-0.4, -0.2) is 24.5 Å². The zero-order valence-corrected chi connectivity index (χ0v) is 15.6. The van der Waals surface area contributed by atoms with Crippen molar-refractivity contribution in [3.05, 3.63) is 24.3 Å². The summed E-state index contributed by atoms with van der Waals surface area (Å²) in [5.41, 5.74) is 0.810. The van der Waals surface area contributed by atoms with E-state index in [0.29, 0.717) is 23.9 Å². The number of hydrogen-bond donors (Lipinski definition) is 2. The molecule has 2 N–H and O–H groups in total. The van der Waals surface area contributed by atoms with Gasteiger partial charge in [-0.1, -0.05) is 40.7 Å². The summed E-state index contributed by atoms with van der Waals surface area (Å²) in [7, 11) is 0. The number of ether oxygens (including phenoxy) is 1. The fourth-order valence-electron chi connectivity index (χ4n) is 1.79. The maximum absolute atomic E-state index is 12.2. The van der Waals surface area contributed by atoms with Crippen molar-refractivity contribution in [3.63, 3.8) is 0 Å². The van der Waals surface area contributed by atoms with Gasteiger partial charge in [0.1, 0.15) is 6.10 Å². The molecule has 0 spiro atoms. The Hall–Kier alpha value is -1.88. The predicted octanol–water partition coefficient (Wildman–Crippen LogP) is 4.06. The number of rotatable bonds is 7. The highest BCUT2D eigenvalue weighted by Gasteiger charge is 2.21.